The molecule has 7 nitrogen and oxygen atoms in total. The van der Waals surface area contributed by atoms with E-state index in [0.717, 1.165) is 21.3 Å². The van der Waals surface area contributed by atoms with E-state index in [0.29, 0.717) is 17.7 Å². The van der Waals surface area contributed by atoms with Crippen LogP contribution in [0, 0.1) is 0 Å². The number of ether oxygens (including phenoxy) is 2. The second-order valence-electron chi connectivity index (χ2n) is 5.36. The predicted octanol–water partition coefficient (Wildman–Crippen LogP) is 3.56. The summed E-state index contributed by atoms with van der Waals surface area (Å²) in [5, 5.41) is 12.6. The molecule has 134 valence electrons. The number of halogens is 1. The molecule has 0 fully saturated rings. The number of hydrogen-bond donors (Lipinski definition) is 1. The summed E-state index contributed by atoms with van der Waals surface area (Å²) >= 11 is 3.55. The van der Waals surface area contributed by atoms with Crippen LogP contribution in [0.1, 0.15) is 11.1 Å². The van der Waals surface area contributed by atoms with Crippen molar-refractivity contribution in [2.45, 2.75) is 6.42 Å². The maximum absolute atomic E-state index is 10.9. The Hall–Kier alpha value is -2.87. The summed E-state index contributed by atoms with van der Waals surface area (Å²) in [7, 11) is 1.61. The van der Waals surface area contributed by atoms with Crippen molar-refractivity contribution in [2.24, 2.45) is 0 Å². The summed E-state index contributed by atoms with van der Waals surface area (Å²) in [6.07, 6.45) is 1.81. The molecular formula is C18H15BrN2O5. The Balaban J connectivity index is 2.07. The van der Waals surface area contributed by atoms with Crippen LogP contribution < -0.4 is 9.47 Å². The summed E-state index contributed by atoms with van der Waals surface area (Å²) in [6.45, 7) is -0.471. The fraction of sp³-hybridized carbons (Fsp3) is 0.167. The van der Waals surface area contributed by atoms with Crippen molar-refractivity contribution in [3.05, 3.63) is 58.3 Å². The molecule has 0 aliphatic rings. The molecule has 0 spiro atoms. The molecule has 0 unspecified atom stereocenters. The number of hydrogen-bond acceptors (Lipinski definition) is 6. The van der Waals surface area contributed by atoms with Gasteiger partial charge >= 0.3 is 5.97 Å². The van der Waals surface area contributed by atoms with Crippen molar-refractivity contribution in [3.8, 4) is 23.0 Å². The first-order valence-electron chi connectivity index (χ1n) is 7.64. The van der Waals surface area contributed by atoms with Gasteiger partial charge in [-0.05, 0) is 41.8 Å². The highest BCUT2D eigenvalue weighted by Crippen LogP contribution is 2.38. The molecule has 3 aromatic rings. The largest absolute Gasteiger partial charge is 0.497 e. The number of benzene rings is 2. The molecule has 1 aromatic heterocycles. The first-order chi connectivity index (χ1) is 12.6. The Morgan fingerprint density at radius 3 is 2.85 bits per heavy atom. The van der Waals surface area contributed by atoms with Gasteiger partial charge in [-0.2, -0.15) is 4.98 Å². The fourth-order valence-electron chi connectivity index (χ4n) is 2.54. The Morgan fingerprint density at radius 2 is 2.15 bits per heavy atom. The number of rotatable bonds is 7. The first kappa shape index (κ1) is 17.9. The van der Waals surface area contributed by atoms with Gasteiger partial charge in [0.25, 0.3) is 5.89 Å². The molecule has 0 saturated heterocycles. The number of carbonyl (C=O) groups is 1. The van der Waals surface area contributed by atoms with Gasteiger partial charge in [-0.1, -0.05) is 33.2 Å². The summed E-state index contributed by atoms with van der Waals surface area (Å²) in [5.74, 6) is 0.289. The molecule has 0 saturated carbocycles. The number of nitrogens with zero attached hydrogens (tertiary/aromatic N) is 2. The smallest absolute Gasteiger partial charge is 0.341 e. The minimum absolute atomic E-state index is 0.254. The van der Waals surface area contributed by atoms with Crippen molar-refractivity contribution in [1.29, 1.82) is 0 Å². The average Bonchev–Trinajstić information content (AvgIpc) is 3.16. The van der Waals surface area contributed by atoms with Crippen LogP contribution in [0.25, 0.3) is 11.5 Å². The number of aliphatic carboxylic acids is 1. The Morgan fingerprint density at radius 1 is 1.31 bits per heavy atom. The van der Waals surface area contributed by atoms with Crippen LogP contribution in [0.15, 0.2) is 51.7 Å². The van der Waals surface area contributed by atoms with Gasteiger partial charge in [-0.25, -0.2) is 4.79 Å². The molecule has 0 amide bonds. The van der Waals surface area contributed by atoms with Gasteiger partial charge in [0.05, 0.1) is 12.7 Å². The molecule has 0 bridgehead atoms. The highest BCUT2D eigenvalue weighted by Gasteiger charge is 2.20. The topological polar surface area (TPSA) is 94.7 Å². The van der Waals surface area contributed by atoms with Gasteiger partial charge < -0.3 is 19.1 Å². The number of aromatic nitrogens is 2. The highest BCUT2D eigenvalue weighted by molar-refractivity contribution is 9.10. The molecular weight excluding hydrogens is 404 g/mol. The van der Waals surface area contributed by atoms with Crippen LogP contribution in [-0.4, -0.2) is 34.9 Å². The number of carboxylic acid groups (broad SMARTS) is 1. The number of methoxy groups -OCH3 is 1. The zero-order valence-electron chi connectivity index (χ0n) is 13.8. The van der Waals surface area contributed by atoms with E-state index in [1.807, 2.05) is 24.3 Å². The molecule has 3 rings (SSSR count). The predicted molar refractivity (Wildman–Crippen MR) is 96.4 cm³/mol. The van der Waals surface area contributed by atoms with Crippen LogP contribution in [0.5, 0.6) is 11.5 Å². The van der Waals surface area contributed by atoms with Gasteiger partial charge in [-0.15, -0.1) is 0 Å². The molecule has 1 heterocycles. The average molecular weight is 419 g/mol. The highest BCUT2D eigenvalue weighted by atomic mass is 79.9. The lowest BCUT2D eigenvalue weighted by Crippen LogP contribution is -2.10. The monoisotopic (exact) mass is 418 g/mol. The lowest BCUT2D eigenvalue weighted by molar-refractivity contribution is -0.139. The van der Waals surface area contributed by atoms with Gasteiger partial charge in [0.1, 0.15) is 11.5 Å². The minimum atomic E-state index is -1.07. The Kier molecular flexibility index (Phi) is 5.52. The van der Waals surface area contributed by atoms with E-state index >= 15 is 0 Å². The normalized spacial score (nSPS) is 10.5. The van der Waals surface area contributed by atoms with Crippen LogP contribution in [0.3, 0.4) is 0 Å². The molecule has 0 aliphatic heterocycles. The molecule has 0 radical (unpaired) electrons. The van der Waals surface area contributed by atoms with E-state index < -0.39 is 12.6 Å². The Bertz CT molecular complexity index is 912. The van der Waals surface area contributed by atoms with Crippen molar-refractivity contribution < 1.29 is 23.9 Å². The van der Waals surface area contributed by atoms with E-state index in [2.05, 4.69) is 26.1 Å². The third-order valence-corrected chi connectivity index (χ3v) is 4.40. The lowest BCUT2D eigenvalue weighted by Gasteiger charge is -2.14. The maximum Gasteiger partial charge on any atom is 0.341 e. The maximum atomic E-state index is 10.9. The first-order valence-corrected chi connectivity index (χ1v) is 8.43. The van der Waals surface area contributed by atoms with E-state index in [-0.39, 0.29) is 5.89 Å². The van der Waals surface area contributed by atoms with Crippen LogP contribution in [0.2, 0.25) is 0 Å². The molecule has 1 N–H and O–H groups in total. The van der Waals surface area contributed by atoms with Crippen molar-refractivity contribution in [1.82, 2.24) is 10.1 Å². The zero-order chi connectivity index (χ0) is 18.5. The van der Waals surface area contributed by atoms with Gasteiger partial charge in [0, 0.05) is 4.47 Å². The third-order valence-electron chi connectivity index (χ3n) is 3.66. The van der Waals surface area contributed by atoms with Crippen molar-refractivity contribution in [3.63, 3.8) is 0 Å². The molecule has 8 heteroatoms. The SMILES string of the molecule is COc1cccc(Cc2c(Br)ccc(OCC(=O)O)c2-c2ncno2)c1. The van der Waals surface area contributed by atoms with Crippen LogP contribution >= 0.6 is 15.9 Å². The summed E-state index contributed by atoms with van der Waals surface area (Å²) in [5.41, 5.74) is 2.40. The second-order valence-corrected chi connectivity index (χ2v) is 6.21. The third kappa shape index (κ3) is 4.02. The molecule has 0 aliphatic carbocycles. The quantitative estimate of drug-likeness (QED) is 0.626. The molecule has 26 heavy (non-hydrogen) atoms. The van der Waals surface area contributed by atoms with Gasteiger partial charge in [-0.3, -0.25) is 0 Å². The number of carboxylic acids is 1. The van der Waals surface area contributed by atoms with Crippen LogP contribution in [-0.2, 0) is 11.2 Å². The zero-order valence-corrected chi connectivity index (χ0v) is 15.4. The molecule has 2 aromatic carbocycles. The second kappa shape index (κ2) is 8.01. The Labute approximate surface area is 157 Å². The summed E-state index contributed by atoms with van der Waals surface area (Å²) in [6, 6.07) is 11.1. The van der Waals surface area contributed by atoms with E-state index in [4.69, 9.17) is 19.1 Å². The summed E-state index contributed by atoms with van der Waals surface area (Å²) < 4.78 is 16.7. The van der Waals surface area contributed by atoms with Crippen LogP contribution in [0.4, 0.5) is 0 Å². The standard InChI is InChI=1S/C18H15BrN2O5/c1-24-12-4-2-3-11(7-12)8-13-14(19)5-6-15(25-9-16(22)23)17(13)18-20-10-21-26-18/h2-7,10H,8-9H2,1H3,(H,22,23). The fourth-order valence-corrected chi connectivity index (χ4v) is 3.01. The van der Waals surface area contributed by atoms with E-state index in [9.17, 15) is 4.79 Å². The van der Waals surface area contributed by atoms with E-state index in [1.54, 1.807) is 19.2 Å². The van der Waals surface area contributed by atoms with E-state index in [1.165, 1.54) is 6.33 Å². The minimum Gasteiger partial charge on any atom is -0.497 e. The molecule has 0 atom stereocenters. The lowest BCUT2D eigenvalue weighted by atomic mass is 9.98. The van der Waals surface area contributed by atoms with Crippen molar-refractivity contribution in [2.75, 3.05) is 13.7 Å². The summed E-state index contributed by atoms with van der Waals surface area (Å²) in [4.78, 5) is 15.0. The van der Waals surface area contributed by atoms with Crippen molar-refractivity contribution >= 4 is 21.9 Å². The van der Waals surface area contributed by atoms with Gasteiger partial charge in [0.2, 0.25) is 0 Å². The van der Waals surface area contributed by atoms with Gasteiger partial charge in [0.15, 0.2) is 12.9 Å².